The number of rotatable bonds is 7. The molecule has 0 amide bonds. The molecule has 138 valence electrons. The highest BCUT2D eigenvalue weighted by Gasteiger charge is 2.14. The third kappa shape index (κ3) is 6.17. The number of aryl methyl sites for hydroxylation is 1. The predicted molar refractivity (Wildman–Crippen MR) is 106 cm³/mol. The van der Waals surface area contributed by atoms with Gasteiger partial charge in [0.15, 0.2) is 0 Å². The van der Waals surface area contributed by atoms with E-state index >= 15 is 0 Å². The zero-order valence-corrected chi connectivity index (χ0v) is 16.9. The van der Waals surface area contributed by atoms with Crippen LogP contribution in [0.4, 0.5) is 11.8 Å². The van der Waals surface area contributed by atoms with Crippen LogP contribution in [-0.4, -0.2) is 35.8 Å². The van der Waals surface area contributed by atoms with Crippen LogP contribution in [0.1, 0.15) is 36.6 Å². The summed E-state index contributed by atoms with van der Waals surface area (Å²) >= 11 is 3.47. The van der Waals surface area contributed by atoms with Crippen molar-refractivity contribution in [2.24, 2.45) is 0 Å². The quantitative estimate of drug-likeness (QED) is 0.604. The van der Waals surface area contributed by atoms with Crippen LogP contribution >= 0.6 is 15.9 Å². The Labute approximate surface area is 158 Å². The largest absolute Gasteiger partial charge is 0.496 e. The van der Waals surface area contributed by atoms with Crippen LogP contribution in [0, 0.1) is 6.92 Å². The fourth-order valence-electron chi connectivity index (χ4n) is 2.41. The number of ether oxygens (including phenoxy) is 1. The third-order valence-corrected chi connectivity index (χ3v) is 4.16. The molecule has 0 bridgehead atoms. The van der Waals surface area contributed by atoms with Gasteiger partial charge in [0.2, 0.25) is 5.95 Å². The summed E-state index contributed by atoms with van der Waals surface area (Å²) in [6, 6.07) is 6.02. The fraction of sp³-hybridized carbons (Fsp3) is 0.444. The van der Waals surface area contributed by atoms with Crippen molar-refractivity contribution >= 4 is 27.7 Å². The number of nitrogen functional groups attached to an aromatic ring is 1. The number of aliphatic hydroxyl groups is 1. The highest BCUT2D eigenvalue weighted by Crippen LogP contribution is 2.28. The summed E-state index contributed by atoms with van der Waals surface area (Å²) in [5, 5.41) is 10.4. The van der Waals surface area contributed by atoms with Gasteiger partial charge in [0.25, 0.3) is 0 Å². The minimum atomic E-state index is 0.299. The van der Waals surface area contributed by atoms with E-state index in [0.29, 0.717) is 12.4 Å². The van der Waals surface area contributed by atoms with Gasteiger partial charge in [0, 0.05) is 35.8 Å². The fourth-order valence-corrected chi connectivity index (χ4v) is 2.75. The minimum absolute atomic E-state index is 0.299. The number of aromatic nitrogens is 2. The van der Waals surface area contributed by atoms with Crippen molar-refractivity contribution < 1.29 is 9.84 Å². The Kier molecular flexibility index (Phi) is 9.23. The average molecular weight is 411 g/mol. The number of nitrogens with two attached hydrogens (primary N) is 1. The number of nitrogens with zero attached hydrogens (tertiary/aromatic N) is 2. The van der Waals surface area contributed by atoms with Gasteiger partial charge < -0.3 is 20.9 Å². The Bertz CT molecular complexity index is 680. The number of nitrogens with one attached hydrogen (secondary N) is 1. The summed E-state index contributed by atoms with van der Waals surface area (Å²) in [6.07, 6.45) is 2.91. The smallest absolute Gasteiger partial charge is 0.222 e. The van der Waals surface area contributed by atoms with Gasteiger partial charge >= 0.3 is 0 Å². The van der Waals surface area contributed by atoms with E-state index in [-0.39, 0.29) is 0 Å². The second-order valence-corrected chi connectivity index (χ2v) is 6.32. The van der Waals surface area contributed by atoms with Crippen LogP contribution in [0.25, 0.3) is 0 Å². The molecule has 0 spiro atoms. The van der Waals surface area contributed by atoms with E-state index in [1.807, 2.05) is 19.1 Å². The van der Waals surface area contributed by atoms with E-state index in [1.165, 1.54) is 0 Å². The second-order valence-electron chi connectivity index (χ2n) is 5.41. The normalized spacial score (nSPS) is 10.0. The number of aliphatic hydroxyl groups excluding tert-OH is 1. The monoisotopic (exact) mass is 410 g/mol. The molecular formula is C18H27BrN4O2. The lowest BCUT2D eigenvalue weighted by atomic mass is 10.0. The number of methoxy groups -OCH3 is 1. The Morgan fingerprint density at radius 2 is 2.00 bits per heavy atom. The van der Waals surface area contributed by atoms with Gasteiger partial charge in [-0.2, -0.15) is 4.98 Å². The van der Waals surface area contributed by atoms with E-state index in [0.717, 1.165) is 59.4 Å². The highest BCUT2D eigenvalue weighted by molar-refractivity contribution is 9.10. The van der Waals surface area contributed by atoms with Crippen molar-refractivity contribution in [1.82, 2.24) is 9.97 Å². The number of benzene rings is 1. The van der Waals surface area contributed by atoms with Crippen molar-refractivity contribution in [3.63, 3.8) is 0 Å². The van der Waals surface area contributed by atoms with Crippen LogP contribution in [0.3, 0.4) is 0 Å². The van der Waals surface area contributed by atoms with Crippen LogP contribution < -0.4 is 15.8 Å². The van der Waals surface area contributed by atoms with Crippen molar-refractivity contribution in [3.05, 3.63) is 39.5 Å². The maximum atomic E-state index is 7.00. The molecule has 0 aliphatic rings. The summed E-state index contributed by atoms with van der Waals surface area (Å²) in [7, 11) is 2.68. The van der Waals surface area contributed by atoms with Crippen LogP contribution in [0.2, 0.25) is 0 Å². The first kappa shape index (κ1) is 21.2. The second kappa shape index (κ2) is 10.9. The first-order valence-electron chi connectivity index (χ1n) is 8.19. The number of halogens is 1. The molecule has 6 nitrogen and oxygen atoms in total. The van der Waals surface area contributed by atoms with Gasteiger partial charge in [0.05, 0.1) is 7.11 Å². The van der Waals surface area contributed by atoms with Crippen molar-refractivity contribution in [1.29, 1.82) is 0 Å². The lowest BCUT2D eigenvalue weighted by molar-refractivity contribution is 0.399. The molecule has 0 atom stereocenters. The summed E-state index contributed by atoms with van der Waals surface area (Å²) in [4.78, 5) is 8.69. The van der Waals surface area contributed by atoms with Crippen molar-refractivity contribution in [3.8, 4) is 5.75 Å². The molecule has 7 heteroatoms. The van der Waals surface area contributed by atoms with Gasteiger partial charge in [-0.25, -0.2) is 4.98 Å². The highest BCUT2D eigenvalue weighted by atomic mass is 79.9. The van der Waals surface area contributed by atoms with E-state index in [2.05, 4.69) is 44.2 Å². The Morgan fingerprint density at radius 1 is 1.28 bits per heavy atom. The molecule has 4 N–H and O–H groups in total. The zero-order valence-electron chi connectivity index (χ0n) is 15.3. The van der Waals surface area contributed by atoms with Gasteiger partial charge in [-0.3, -0.25) is 0 Å². The third-order valence-electron chi connectivity index (χ3n) is 3.67. The topological polar surface area (TPSA) is 93.3 Å². The average Bonchev–Trinajstić information content (AvgIpc) is 2.60. The molecule has 1 aromatic carbocycles. The molecule has 25 heavy (non-hydrogen) atoms. The zero-order chi connectivity index (χ0) is 18.8. The summed E-state index contributed by atoms with van der Waals surface area (Å²) in [6.45, 7) is 5.00. The first-order chi connectivity index (χ1) is 12.0. The SMILES string of the molecule is CCCCNc1nc(N)nc(C)c1Cc1ccc(Br)cc1OC.CO. The van der Waals surface area contributed by atoms with Crippen LogP contribution in [-0.2, 0) is 6.42 Å². The van der Waals surface area contributed by atoms with E-state index in [9.17, 15) is 0 Å². The lowest BCUT2D eigenvalue weighted by Crippen LogP contribution is -2.11. The van der Waals surface area contributed by atoms with Crippen LogP contribution in [0.15, 0.2) is 22.7 Å². The standard InChI is InChI=1S/C17H23BrN4O.CH4O/c1-4-5-8-20-16-14(11(2)21-17(19)22-16)9-12-6-7-13(18)10-15(12)23-3;1-2/h6-7,10H,4-5,8-9H2,1-3H3,(H3,19,20,21,22);2H,1H3. The Balaban J connectivity index is 0.00000151. The summed E-state index contributed by atoms with van der Waals surface area (Å²) in [5.41, 5.74) is 8.84. The molecule has 0 radical (unpaired) electrons. The predicted octanol–water partition coefficient (Wildman–Crippen LogP) is 3.55. The Morgan fingerprint density at radius 3 is 2.64 bits per heavy atom. The molecule has 1 heterocycles. The van der Waals surface area contributed by atoms with Gasteiger partial charge in [0.1, 0.15) is 11.6 Å². The molecule has 2 rings (SSSR count). The molecule has 1 aromatic heterocycles. The van der Waals surface area contributed by atoms with Crippen molar-refractivity contribution in [2.45, 2.75) is 33.1 Å². The molecule has 2 aromatic rings. The maximum absolute atomic E-state index is 7.00. The molecule has 0 saturated heterocycles. The molecule has 0 unspecified atom stereocenters. The van der Waals surface area contributed by atoms with E-state index in [4.69, 9.17) is 15.6 Å². The maximum Gasteiger partial charge on any atom is 0.222 e. The van der Waals surface area contributed by atoms with Gasteiger partial charge in [-0.15, -0.1) is 0 Å². The Hall–Kier alpha value is -1.86. The molecule has 0 aliphatic heterocycles. The number of hydrogen-bond acceptors (Lipinski definition) is 6. The van der Waals surface area contributed by atoms with E-state index < -0.39 is 0 Å². The molecule has 0 aliphatic carbocycles. The van der Waals surface area contributed by atoms with E-state index in [1.54, 1.807) is 7.11 Å². The molecule has 0 fully saturated rings. The summed E-state index contributed by atoms with van der Waals surface area (Å²) < 4.78 is 6.47. The molecule has 0 saturated carbocycles. The minimum Gasteiger partial charge on any atom is -0.496 e. The number of anilines is 2. The van der Waals surface area contributed by atoms with Crippen LogP contribution in [0.5, 0.6) is 5.75 Å². The molecular weight excluding hydrogens is 384 g/mol. The number of hydrogen-bond donors (Lipinski definition) is 3. The number of unbranched alkanes of at least 4 members (excludes halogenated alkanes) is 1. The van der Waals surface area contributed by atoms with Crippen molar-refractivity contribution in [2.75, 3.05) is 31.8 Å². The first-order valence-corrected chi connectivity index (χ1v) is 8.98. The van der Waals surface area contributed by atoms with Gasteiger partial charge in [-0.1, -0.05) is 35.3 Å². The summed E-state index contributed by atoms with van der Waals surface area (Å²) in [5.74, 6) is 1.96. The van der Waals surface area contributed by atoms with Gasteiger partial charge in [-0.05, 0) is 31.0 Å². The lowest BCUT2D eigenvalue weighted by Gasteiger charge is -2.15.